The van der Waals surface area contributed by atoms with Gasteiger partial charge in [0.1, 0.15) is 23.9 Å². The number of nitrogens with one attached hydrogen (secondary N) is 2. The SMILES string of the molecule is CC(NC(=O)c1ccoc1)C(=O)NCc1cccnc1Oc1cccc(F)c1. The van der Waals surface area contributed by atoms with Crippen molar-refractivity contribution >= 4 is 11.8 Å². The zero-order valence-electron chi connectivity index (χ0n) is 15.0. The molecule has 7 nitrogen and oxygen atoms in total. The van der Waals surface area contributed by atoms with E-state index < -0.39 is 17.8 Å². The predicted molar refractivity (Wildman–Crippen MR) is 98.2 cm³/mol. The molecule has 8 heteroatoms. The summed E-state index contributed by atoms with van der Waals surface area (Å²) in [6.45, 7) is 1.70. The van der Waals surface area contributed by atoms with Crippen molar-refractivity contribution in [3.63, 3.8) is 0 Å². The summed E-state index contributed by atoms with van der Waals surface area (Å²) < 4.78 is 23.8. The first-order valence-electron chi connectivity index (χ1n) is 8.51. The van der Waals surface area contributed by atoms with E-state index in [1.54, 1.807) is 25.1 Å². The number of furan rings is 1. The number of benzene rings is 1. The van der Waals surface area contributed by atoms with E-state index in [0.29, 0.717) is 16.9 Å². The van der Waals surface area contributed by atoms with Crippen LogP contribution in [0, 0.1) is 5.82 Å². The van der Waals surface area contributed by atoms with Gasteiger partial charge in [0.2, 0.25) is 11.8 Å². The van der Waals surface area contributed by atoms with E-state index in [0.717, 1.165) is 0 Å². The Balaban J connectivity index is 1.59. The Morgan fingerprint density at radius 2 is 2.11 bits per heavy atom. The second-order valence-electron chi connectivity index (χ2n) is 5.95. The number of nitrogens with zero attached hydrogens (tertiary/aromatic N) is 1. The lowest BCUT2D eigenvalue weighted by molar-refractivity contribution is -0.122. The van der Waals surface area contributed by atoms with Crippen LogP contribution in [-0.4, -0.2) is 22.8 Å². The molecular formula is C20H18FN3O4. The number of hydrogen-bond donors (Lipinski definition) is 2. The smallest absolute Gasteiger partial charge is 0.255 e. The van der Waals surface area contributed by atoms with E-state index in [-0.39, 0.29) is 18.3 Å². The average Bonchev–Trinajstić information content (AvgIpc) is 3.22. The molecule has 1 unspecified atom stereocenters. The number of pyridine rings is 1. The summed E-state index contributed by atoms with van der Waals surface area (Å²) in [5.41, 5.74) is 0.936. The summed E-state index contributed by atoms with van der Waals surface area (Å²) in [6, 6.07) is 9.86. The van der Waals surface area contributed by atoms with Crippen molar-refractivity contribution in [1.29, 1.82) is 0 Å². The minimum Gasteiger partial charge on any atom is -0.472 e. The highest BCUT2D eigenvalue weighted by atomic mass is 19.1. The van der Waals surface area contributed by atoms with Crippen LogP contribution in [0.3, 0.4) is 0 Å². The number of aromatic nitrogens is 1. The van der Waals surface area contributed by atoms with Crippen LogP contribution in [-0.2, 0) is 11.3 Å². The van der Waals surface area contributed by atoms with E-state index >= 15 is 0 Å². The van der Waals surface area contributed by atoms with Crippen molar-refractivity contribution in [2.45, 2.75) is 19.5 Å². The molecular weight excluding hydrogens is 365 g/mol. The van der Waals surface area contributed by atoms with Crippen LogP contribution >= 0.6 is 0 Å². The van der Waals surface area contributed by atoms with Gasteiger partial charge in [-0.25, -0.2) is 9.37 Å². The van der Waals surface area contributed by atoms with Crippen molar-refractivity contribution in [2.75, 3.05) is 0 Å². The zero-order chi connectivity index (χ0) is 19.9. The van der Waals surface area contributed by atoms with E-state index in [1.807, 2.05) is 0 Å². The predicted octanol–water partition coefficient (Wildman–Crippen LogP) is 3.04. The fraction of sp³-hybridized carbons (Fsp3) is 0.150. The molecule has 0 bridgehead atoms. The number of hydrogen-bond acceptors (Lipinski definition) is 5. The van der Waals surface area contributed by atoms with Crippen LogP contribution in [0.5, 0.6) is 11.6 Å². The third kappa shape index (κ3) is 4.94. The summed E-state index contributed by atoms with van der Waals surface area (Å²) in [5.74, 6) is -0.661. The molecule has 0 fully saturated rings. The molecule has 2 amide bonds. The highest BCUT2D eigenvalue weighted by Crippen LogP contribution is 2.23. The Labute approximate surface area is 160 Å². The van der Waals surface area contributed by atoms with E-state index in [9.17, 15) is 14.0 Å². The van der Waals surface area contributed by atoms with Gasteiger partial charge in [0, 0.05) is 24.4 Å². The third-order valence-electron chi connectivity index (χ3n) is 3.84. The van der Waals surface area contributed by atoms with Gasteiger partial charge >= 0.3 is 0 Å². The third-order valence-corrected chi connectivity index (χ3v) is 3.84. The van der Waals surface area contributed by atoms with E-state index in [2.05, 4.69) is 15.6 Å². The first-order chi connectivity index (χ1) is 13.5. The van der Waals surface area contributed by atoms with Crippen molar-refractivity contribution < 1.29 is 23.1 Å². The molecule has 144 valence electrons. The van der Waals surface area contributed by atoms with E-state index in [1.165, 1.54) is 43.0 Å². The lowest BCUT2D eigenvalue weighted by atomic mass is 10.2. The Bertz CT molecular complexity index is 960. The largest absolute Gasteiger partial charge is 0.472 e. The molecule has 2 N–H and O–H groups in total. The molecule has 0 aliphatic rings. The Kier molecular flexibility index (Phi) is 6.01. The van der Waals surface area contributed by atoms with Crippen molar-refractivity contribution in [3.05, 3.63) is 78.1 Å². The number of carbonyl (C=O) groups excluding carboxylic acids is 2. The lowest BCUT2D eigenvalue weighted by Gasteiger charge is -2.15. The summed E-state index contributed by atoms with van der Waals surface area (Å²) in [6.07, 6.45) is 4.21. The summed E-state index contributed by atoms with van der Waals surface area (Å²) >= 11 is 0. The molecule has 0 saturated heterocycles. The molecule has 3 aromatic rings. The molecule has 0 saturated carbocycles. The molecule has 0 radical (unpaired) electrons. The highest BCUT2D eigenvalue weighted by Gasteiger charge is 2.17. The summed E-state index contributed by atoms with van der Waals surface area (Å²) in [5, 5.41) is 5.30. The molecule has 1 atom stereocenters. The second-order valence-corrected chi connectivity index (χ2v) is 5.95. The summed E-state index contributed by atoms with van der Waals surface area (Å²) in [4.78, 5) is 28.4. The van der Waals surface area contributed by atoms with Crippen LogP contribution in [0.25, 0.3) is 0 Å². The van der Waals surface area contributed by atoms with Gasteiger partial charge in [-0.1, -0.05) is 12.1 Å². The normalized spacial score (nSPS) is 11.5. The Morgan fingerprint density at radius 1 is 1.25 bits per heavy atom. The first-order valence-corrected chi connectivity index (χ1v) is 8.51. The molecule has 0 spiro atoms. The zero-order valence-corrected chi connectivity index (χ0v) is 15.0. The van der Waals surface area contributed by atoms with Crippen LogP contribution < -0.4 is 15.4 Å². The van der Waals surface area contributed by atoms with Crippen LogP contribution in [0.4, 0.5) is 4.39 Å². The average molecular weight is 383 g/mol. The van der Waals surface area contributed by atoms with Gasteiger partial charge in [0.05, 0.1) is 11.8 Å². The van der Waals surface area contributed by atoms with Crippen molar-refractivity contribution in [1.82, 2.24) is 15.6 Å². The fourth-order valence-corrected chi connectivity index (χ4v) is 2.37. The number of carbonyl (C=O) groups is 2. The molecule has 0 aliphatic heterocycles. The van der Waals surface area contributed by atoms with Gasteiger partial charge < -0.3 is 19.8 Å². The van der Waals surface area contributed by atoms with Gasteiger partial charge in [-0.15, -0.1) is 0 Å². The van der Waals surface area contributed by atoms with Gasteiger partial charge in [-0.3, -0.25) is 9.59 Å². The van der Waals surface area contributed by atoms with Crippen molar-refractivity contribution in [3.8, 4) is 11.6 Å². The first kappa shape index (κ1) is 19.1. The van der Waals surface area contributed by atoms with Gasteiger partial charge in [0.15, 0.2) is 0 Å². The summed E-state index contributed by atoms with van der Waals surface area (Å²) in [7, 11) is 0. The molecule has 28 heavy (non-hydrogen) atoms. The number of amides is 2. The van der Waals surface area contributed by atoms with Crippen LogP contribution in [0.2, 0.25) is 0 Å². The quantitative estimate of drug-likeness (QED) is 0.654. The Hall–Kier alpha value is -3.68. The van der Waals surface area contributed by atoms with Crippen LogP contribution in [0.1, 0.15) is 22.8 Å². The highest BCUT2D eigenvalue weighted by molar-refractivity contribution is 5.97. The van der Waals surface area contributed by atoms with Crippen LogP contribution in [0.15, 0.2) is 65.6 Å². The van der Waals surface area contributed by atoms with Gasteiger partial charge in [-0.05, 0) is 31.2 Å². The monoisotopic (exact) mass is 383 g/mol. The minimum absolute atomic E-state index is 0.128. The number of halogens is 1. The Morgan fingerprint density at radius 3 is 2.86 bits per heavy atom. The lowest BCUT2D eigenvalue weighted by Crippen LogP contribution is -2.44. The van der Waals surface area contributed by atoms with Gasteiger partial charge in [0.25, 0.3) is 5.91 Å². The maximum absolute atomic E-state index is 13.3. The molecule has 2 heterocycles. The standard InChI is InChI=1S/C20H18FN3O4/c1-13(24-19(26)15-7-9-27-12-15)18(25)23-11-14-4-3-8-22-20(14)28-17-6-2-5-16(21)10-17/h2-10,12-13H,11H2,1H3,(H,23,25)(H,24,26). The van der Waals surface area contributed by atoms with E-state index in [4.69, 9.17) is 9.15 Å². The molecule has 1 aromatic carbocycles. The maximum atomic E-state index is 13.3. The number of rotatable bonds is 7. The van der Waals surface area contributed by atoms with Gasteiger partial charge in [-0.2, -0.15) is 0 Å². The molecule has 3 rings (SSSR count). The maximum Gasteiger partial charge on any atom is 0.255 e. The van der Waals surface area contributed by atoms with Crippen molar-refractivity contribution in [2.24, 2.45) is 0 Å². The molecule has 2 aromatic heterocycles. The second kappa shape index (κ2) is 8.81. The topological polar surface area (TPSA) is 93.5 Å². The molecule has 0 aliphatic carbocycles. The fourth-order valence-electron chi connectivity index (χ4n) is 2.37. The minimum atomic E-state index is -0.758. The number of ether oxygens (including phenoxy) is 1.